The SMILES string of the molecule is Cc1ccc(NC(=O)C(C)OC(=O)C=Cc2ccc3c(c2)OCCO3)cc1Cl. The lowest BCUT2D eigenvalue weighted by atomic mass is 10.2. The predicted octanol–water partition coefficient (Wildman–Crippen LogP) is 4.00. The summed E-state index contributed by atoms with van der Waals surface area (Å²) in [5.74, 6) is 0.235. The molecule has 0 fully saturated rings. The number of carbonyl (C=O) groups excluding carboxylic acids is 2. The molecule has 1 heterocycles. The first-order valence-electron chi connectivity index (χ1n) is 8.78. The van der Waals surface area contributed by atoms with Gasteiger partial charge in [-0.05, 0) is 55.3 Å². The highest BCUT2D eigenvalue weighted by molar-refractivity contribution is 6.31. The number of anilines is 1. The highest BCUT2D eigenvalue weighted by Crippen LogP contribution is 2.31. The Morgan fingerprint density at radius 3 is 2.64 bits per heavy atom. The molecule has 1 aliphatic heterocycles. The van der Waals surface area contributed by atoms with Crippen molar-refractivity contribution in [3.63, 3.8) is 0 Å². The summed E-state index contributed by atoms with van der Waals surface area (Å²) in [6.45, 7) is 4.37. The monoisotopic (exact) mass is 401 g/mol. The highest BCUT2D eigenvalue weighted by atomic mass is 35.5. The summed E-state index contributed by atoms with van der Waals surface area (Å²) < 4.78 is 16.1. The van der Waals surface area contributed by atoms with Gasteiger partial charge in [-0.15, -0.1) is 0 Å². The Morgan fingerprint density at radius 2 is 1.89 bits per heavy atom. The smallest absolute Gasteiger partial charge is 0.331 e. The van der Waals surface area contributed by atoms with Gasteiger partial charge in [-0.2, -0.15) is 0 Å². The molecule has 0 bridgehead atoms. The zero-order valence-corrected chi connectivity index (χ0v) is 16.3. The number of benzene rings is 2. The zero-order valence-electron chi connectivity index (χ0n) is 15.5. The van der Waals surface area contributed by atoms with Crippen molar-refractivity contribution in [3.05, 3.63) is 58.6 Å². The molecule has 0 radical (unpaired) electrons. The van der Waals surface area contributed by atoms with Crippen molar-refractivity contribution in [1.82, 2.24) is 0 Å². The quantitative estimate of drug-likeness (QED) is 0.605. The van der Waals surface area contributed by atoms with Crippen LogP contribution < -0.4 is 14.8 Å². The van der Waals surface area contributed by atoms with Gasteiger partial charge >= 0.3 is 5.97 Å². The maximum atomic E-state index is 12.2. The molecule has 1 unspecified atom stereocenters. The van der Waals surface area contributed by atoms with Crippen LogP contribution in [-0.4, -0.2) is 31.2 Å². The molecule has 0 aliphatic carbocycles. The molecule has 2 aromatic carbocycles. The third-order valence-corrected chi connectivity index (χ3v) is 4.49. The van der Waals surface area contributed by atoms with E-state index in [2.05, 4.69) is 5.32 Å². The maximum absolute atomic E-state index is 12.2. The number of carbonyl (C=O) groups is 2. The van der Waals surface area contributed by atoms with Gasteiger partial charge in [0.05, 0.1) is 0 Å². The molecule has 0 aromatic heterocycles. The van der Waals surface area contributed by atoms with E-state index in [1.807, 2.05) is 6.92 Å². The van der Waals surface area contributed by atoms with E-state index in [9.17, 15) is 9.59 Å². The summed E-state index contributed by atoms with van der Waals surface area (Å²) >= 11 is 6.04. The van der Waals surface area contributed by atoms with Crippen molar-refractivity contribution >= 4 is 35.2 Å². The number of esters is 1. The van der Waals surface area contributed by atoms with Crippen LogP contribution in [0.2, 0.25) is 5.02 Å². The number of halogens is 1. The van der Waals surface area contributed by atoms with Crippen LogP contribution in [0.1, 0.15) is 18.1 Å². The number of hydrogen-bond donors (Lipinski definition) is 1. The fourth-order valence-corrected chi connectivity index (χ4v) is 2.69. The Morgan fingerprint density at radius 1 is 1.14 bits per heavy atom. The second-order valence-corrected chi connectivity index (χ2v) is 6.68. The molecule has 1 amide bonds. The van der Waals surface area contributed by atoms with E-state index in [1.54, 1.807) is 42.5 Å². The van der Waals surface area contributed by atoms with Gasteiger partial charge in [-0.1, -0.05) is 23.7 Å². The maximum Gasteiger partial charge on any atom is 0.331 e. The minimum absolute atomic E-state index is 0.444. The minimum Gasteiger partial charge on any atom is -0.486 e. The Bertz CT molecular complexity index is 925. The summed E-state index contributed by atoms with van der Waals surface area (Å²) in [7, 11) is 0. The largest absolute Gasteiger partial charge is 0.486 e. The predicted molar refractivity (Wildman–Crippen MR) is 107 cm³/mol. The molecule has 2 aromatic rings. The van der Waals surface area contributed by atoms with Crippen LogP contribution in [0.5, 0.6) is 11.5 Å². The Balaban J connectivity index is 1.55. The van der Waals surface area contributed by atoms with Crippen molar-refractivity contribution in [2.45, 2.75) is 20.0 Å². The van der Waals surface area contributed by atoms with Crippen molar-refractivity contribution in [2.24, 2.45) is 0 Å². The number of amides is 1. The standard InChI is InChI=1S/C21H20ClNO5/c1-13-3-6-16(12-17(13)22)23-21(25)14(2)28-20(24)8-5-15-4-7-18-19(11-15)27-10-9-26-18/h3-8,11-12,14H,9-10H2,1-2H3,(H,23,25). The van der Waals surface area contributed by atoms with E-state index in [4.69, 9.17) is 25.8 Å². The van der Waals surface area contributed by atoms with Crippen molar-refractivity contribution in [1.29, 1.82) is 0 Å². The van der Waals surface area contributed by atoms with E-state index in [-0.39, 0.29) is 0 Å². The topological polar surface area (TPSA) is 73.9 Å². The van der Waals surface area contributed by atoms with Gasteiger partial charge < -0.3 is 19.5 Å². The van der Waals surface area contributed by atoms with Gasteiger partial charge in [0.1, 0.15) is 13.2 Å². The van der Waals surface area contributed by atoms with Crippen LogP contribution in [0.25, 0.3) is 6.08 Å². The number of ether oxygens (including phenoxy) is 3. The lowest BCUT2D eigenvalue weighted by Crippen LogP contribution is -2.29. The van der Waals surface area contributed by atoms with Crippen molar-refractivity contribution in [2.75, 3.05) is 18.5 Å². The van der Waals surface area contributed by atoms with Crippen LogP contribution in [0, 0.1) is 6.92 Å². The van der Waals surface area contributed by atoms with Gasteiger partial charge in [-0.3, -0.25) is 4.79 Å². The molecule has 1 N–H and O–H groups in total. The molecule has 0 spiro atoms. The van der Waals surface area contributed by atoms with Crippen molar-refractivity contribution in [3.8, 4) is 11.5 Å². The van der Waals surface area contributed by atoms with Gasteiger partial charge in [0, 0.05) is 16.8 Å². The number of hydrogen-bond acceptors (Lipinski definition) is 5. The number of fused-ring (bicyclic) bond motifs is 1. The van der Waals surface area contributed by atoms with Crippen molar-refractivity contribution < 1.29 is 23.8 Å². The molecular formula is C21H20ClNO5. The van der Waals surface area contributed by atoms with E-state index in [0.717, 1.165) is 11.1 Å². The molecule has 1 atom stereocenters. The van der Waals surface area contributed by atoms with Gasteiger partial charge in [-0.25, -0.2) is 4.79 Å². The summed E-state index contributed by atoms with van der Waals surface area (Å²) in [5.41, 5.74) is 2.20. The van der Waals surface area contributed by atoms with Crippen LogP contribution >= 0.6 is 11.6 Å². The number of aryl methyl sites for hydroxylation is 1. The third kappa shape index (κ3) is 5.04. The van der Waals surface area contributed by atoms with E-state index < -0.39 is 18.0 Å². The fraction of sp³-hybridized carbons (Fsp3) is 0.238. The molecule has 7 heteroatoms. The number of nitrogens with one attached hydrogen (secondary N) is 1. The Kier molecular flexibility index (Phi) is 6.21. The summed E-state index contributed by atoms with van der Waals surface area (Å²) in [5, 5.41) is 3.21. The van der Waals surface area contributed by atoms with Gasteiger partial charge in [0.25, 0.3) is 5.91 Å². The highest BCUT2D eigenvalue weighted by Gasteiger charge is 2.17. The molecule has 3 rings (SSSR count). The summed E-state index contributed by atoms with van der Waals surface area (Å²) in [6, 6.07) is 10.5. The normalized spacial score (nSPS) is 13.8. The molecular weight excluding hydrogens is 382 g/mol. The van der Waals surface area contributed by atoms with E-state index in [1.165, 1.54) is 13.0 Å². The second kappa shape index (κ2) is 8.80. The Labute approximate surface area is 168 Å². The van der Waals surface area contributed by atoms with Crippen LogP contribution in [0.4, 0.5) is 5.69 Å². The molecule has 0 saturated heterocycles. The third-order valence-electron chi connectivity index (χ3n) is 4.08. The van der Waals surface area contributed by atoms with Crippen LogP contribution in [0.15, 0.2) is 42.5 Å². The summed E-state index contributed by atoms with van der Waals surface area (Å²) in [6.07, 6.45) is 1.89. The Hall–Kier alpha value is -2.99. The fourth-order valence-electron chi connectivity index (χ4n) is 2.51. The lowest BCUT2D eigenvalue weighted by molar-refractivity contribution is -0.148. The number of rotatable bonds is 5. The van der Waals surface area contributed by atoms with E-state index >= 15 is 0 Å². The van der Waals surface area contributed by atoms with E-state index in [0.29, 0.717) is 35.4 Å². The molecule has 28 heavy (non-hydrogen) atoms. The first-order chi connectivity index (χ1) is 13.4. The van der Waals surface area contributed by atoms with Gasteiger partial charge in [0.2, 0.25) is 0 Å². The minimum atomic E-state index is -0.961. The van der Waals surface area contributed by atoms with Crippen LogP contribution in [0.3, 0.4) is 0 Å². The molecule has 146 valence electrons. The first kappa shape index (κ1) is 19.8. The van der Waals surface area contributed by atoms with Gasteiger partial charge in [0.15, 0.2) is 17.6 Å². The summed E-state index contributed by atoms with van der Waals surface area (Å²) in [4.78, 5) is 24.2. The zero-order chi connectivity index (χ0) is 20.1. The molecule has 6 nitrogen and oxygen atoms in total. The average Bonchev–Trinajstić information content (AvgIpc) is 2.69. The molecule has 1 aliphatic rings. The van der Waals surface area contributed by atoms with Crippen LogP contribution in [-0.2, 0) is 14.3 Å². The average molecular weight is 402 g/mol. The second-order valence-electron chi connectivity index (χ2n) is 6.27. The molecule has 0 saturated carbocycles. The lowest BCUT2D eigenvalue weighted by Gasteiger charge is -2.18. The first-order valence-corrected chi connectivity index (χ1v) is 9.15.